The molecule has 1 fully saturated rings. The molecule has 3 heteroatoms. The lowest BCUT2D eigenvalue weighted by Gasteiger charge is -2.39. The van der Waals surface area contributed by atoms with E-state index in [0.29, 0.717) is 18.6 Å². The lowest BCUT2D eigenvalue weighted by Crippen LogP contribution is -2.38. The van der Waals surface area contributed by atoms with Crippen LogP contribution in [0.25, 0.3) is 0 Å². The van der Waals surface area contributed by atoms with Gasteiger partial charge in [-0.1, -0.05) is 24.3 Å². The molecule has 3 nitrogen and oxygen atoms in total. The number of hydrogen-bond acceptors (Lipinski definition) is 3. The van der Waals surface area contributed by atoms with E-state index in [-0.39, 0.29) is 11.9 Å². The Morgan fingerprint density at radius 3 is 2.78 bits per heavy atom. The lowest BCUT2D eigenvalue weighted by atomic mass is 9.84. The van der Waals surface area contributed by atoms with Crippen LogP contribution in [0, 0.1) is 0 Å². The van der Waals surface area contributed by atoms with Crippen molar-refractivity contribution in [2.45, 2.75) is 31.0 Å². The molecule has 2 unspecified atom stereocenters. The predicted molar refractivity (Wildman–Crippen MR) is 68.0 cm³/mol. The van der Waals surface area contributed by atoms with Crippen molar-refractivity contribution in [3.8, 4) is 5.75 Å². The van der Waals surface area contributed by atoms with Gasteiger partial charge in [-0.15, -0.1) is 0 Å². The normalized spacial score (nSPS) is 30.3. The van der Waals surface area contributed by atoms with E-state index in [2.05, 4.69) is 0 Å². The van der Waals surface area contributed by atoms with Crippen LogP contribution in [0.1, 0.15) is 30.9 Å². The Balaban J connectivity index is 1.83. The largest absolute Gasteiger partial charge is 0.508 e. The number of phenolic OH excluding ortho intramolecular Hbond substituents is 1. The number of allylic oxidation sites excluding steroid dienone is 2. The van der Waals surface area contributed by atoms with Gasteiger partial charge in [0.1, 0.15) is 23.2 Å². The van der Waals surface area contributed by atoms with Crippen LogP contribution in [0.15, 0.2) is 48.3 Å². The molecule has 1 aliphatic carbocycles. The zero-order chi connectivity index (χ0) is 12.6. The second-order valence-corrected chi connectivity index (χ2v) is 4.93. The highest BCUT2D eigenvalue weighted by atomic mass is 16.5. The monoisotopic (exact) mass is 244 g/mol. The molecule has 1 heterocycles. The highest BCUT2D eigenvalue weighted by Gasteiger charge is 2.39. The van der Waals surface area contributed by atoms with Crippen molar-refractivity contribution in [3.63, 3.8) is 0 Å². The van der Waals surface area contributed by atoms with E-state index in [1.54, 1.807) is 12.1 Å². The summed E-state index contributed by atoms with van der Waals surface area (Å²) >= 11 is 0. The first-order valence-corrected chi connectivity index (χ1v) is 6.23. The fraction of sp³-hybridized carbons (Fsp3) is 0.333. The minimum atomic E-state index is -0.817. The molecule has 1 saturated heterocycles. The summed E-state index contributed by atoms with van der Waals surface area (Å²) < 4.78 is 5.90. The molecular weight excluding hydrogens is 228 g/mol. The molecule has 2 atom stereocenters. The van der Waals surface area contributed by atoms with Crippen molar-refractivity contribution in [2.24, 2.45) is 0 Å². The molecule has 2 N–H and O–H groups in total. The van der Waals surface area contributed by atoms with Crippen LogP contribution in [0.5, 0.6) is 5.75 Å². The summed E-state index contributed by atoms with van der Waals surface area (Å²) in [5.41, 5.74) is 0.215. The van der Waals surface area contributed by atoms with Crippen LogP contribution in [0.4, 0.5) is 0 Å². The summed E-state index contributed by atoms with van der Waals surface area (Å²) in [6.45, 7) is 0. The zero-order valence-corrected chi connectivity index (χ0v) is 10.0. The van der Waals surface area contributed by atoms with Crippen molar-refractivity contribution >= 4 is 0 Å². The molecule has 0 saturated carbocycles. The number of aromatic hydroxyl groups is 1. The summed E-state index contributed by atoms with van der Waals surface area (Å²) in [5, 5.41) is 19.7. The average Bonchev–Trinajstić information content (AvgIpc) is 2.39. The number of rotatable bonds is 1. The van der Waals surface area contributed by atoms with Crippen LogP contribution in [-0.2, 0) is 4.74 Å². The Labute approximate surface area is 106 Å². The van der Waals surface area contributed by atoms with Crippen LogP contribution < -0.4 is 0 Å². The van der Waals surface area contributed by atoms with E-state index in [1.807, 2.05) is 30.4 Å². The molecule has 0 radical (unpaired) electrons. The molecule has 94 valence electrons. The van der Waals surface area contributed by atoms with Gasteiger partial charge in [0.05, 0.1) is 0 Å². The molecule has 1 aromatic rings. The molecule has 2 aliphatic rings. The average molecular weight is 244 g/mol. The van der Waals surface area contributed by atoms with E-state index in [1.165, 1.54) is 0 Å². The number of benzene rings is 1. The van der Waals surface area contributed by atoms with E-state index in [9.17, 15) is 10.2 Å². The van der Waals surface area contributed by atoms with Crippen molar-refractivity contribution in [1.82, 2.24) is 0 Å². The first-order valence-electron chi connectivity index (χ1n) is 6.23. The predicted octanol–water partition coefficient (Wildman–Crippen LogP) is 2.82. The number of aliphatic hydroxyl groups is 1. The van der Waals surface area contributed by atoms with Crippen LogP contribution in [0.3, 0.4) is 0 Å². The SMILES string of the molecule is Oc1ccc(C2CCC3(O)CC=CC=C3O2)cc1. The Bertz CT molecular complexity index is 501. The van der Waals surface area contributed by atoms with Gasteiger partial charge < -0.3 is 14.9 Å². The van der Waals surface area contributed by atoms with Gasteiger partial charge in [-0.05, 0) is 36.6 Å². The quantitative estimate of drug-likeness (QED) is 0.798. The van der Waals surface area contributed by atoms with Crippen molar-refractivity contribution < 1.29 is 14.9 Å². The molecule has 1 aromatic carbocycles. The molecule has 0 amide bonds. The fourth-order valence-corrected chi connectivity index (χ4v) is 2.55. The maximum Gasteiger partial charge on any atom is 0.129 e. The molecule has 18 heavy (non-hydrogen) atoms. The smallest absolute Gasteiger partial charge is 0.129 e. The standard InChI is InChI=1S/C15H16O3/c16-12-6-4-11(5-7-12)13-8-10-15(17)9-2-1-3-14(15)18-13/h1-7,13,16-17H,8-10H2. The summed E-state index contributed by atoms with van der Waals surface area (Å²) in [7, 11) is 0. The molecular formula is C15H16O3. The first kappa shape index (κ1) is 11.4. The molecule has 1 aliphatic heterocycles. The third kappa shape index (κ3) is 1.91. The van der Waals surface area contributed by atoms with Crippen molar-refractivity contribution in [3.05, 3.63) is 53.8 Å². The topological polar surface area (TPSA) is 49.7 Å². The Hall–Kier alpha value is -1.74. The number of fused-ring (bicyclic) bond motifs is 1. The highest BCUT2D eigenvalue weighted by molar-refractivity contribution is 5.30. The molecule has 0 spiro atoms. The number of ether oxygens (including phenoxy) is 1. The summed E-state index contributed by atoms with van der Waals surface area (Å²) in [4.78, 5) is 0. The summed E-state index contributed by atoms with van der Waals surface area (Å²) in [6, 6.07) is 7.05. The van der Waals surface area contributed by atoms with Gasteiger partial charge in [0.2, 0.25) is 0 Å². The molecule has 0 bridgehead atoms. The Morgan fingerprint density at radius 2 is 2.00 bits per heavy atom. The van der Waals surface area contributed by atoms with Gasteiger partial charge in [-0.2, -0.15) is 0 Å². The fourth-order valence-electron chi connectivity index (χ4n) is 2.55. The molecule has 3 rings (SSSR count). The minimum Gasteiger partial charge on any atom is -0.508 e. The minimum absolute atomic E-state index is 0.0383. The van der Waals surface area contributed by atoms with Crippen LogP contribution in [-0.4, -0.2) is 15.8 Å². The number of hydrogen-bond donors (Lipinski definition) is 2. The second kappa shape index (κ2) is 4.18. The highest BCUT2D eigenvalue weighted by Crippen LogP contribution is 2.42. The van der Waals surface area contributed by atoms with E-state index < -0.39 is 5.60 Å². The van der Waals surface area contributed by atoms with Crippen molar-refractivity contribution in [1.29, 1.82) is 0 Å². The van der Waals surface area contributed by atoms with E-state index in [0.717, 1.165) is 12.0 Å². The maximum absolute atomic E-state index is 10.4. The van der Waals surface area contributed by atoms with Gasteiger partial charge >= 0.3 is 0 Å². The second-order valence-electron chi connectivity index (χ2n) is 4.93. The Kier molecular flexibility index (Phi) is 2.63. The van der Waals surface area contributed by atoms with Gasteiger partial charge in [0.25, 0.3) is 0 Å². The van der Waals surface area contributed by atoms with Crippen LogP contribution in [0.2, 0.25) is 0 Å². The van der Waals surface area contributed by atoms with Gasteiger partial charge in [-0.25, -0.2) is 0 Å². The van der Waals surface area contributed by atoms with Crippen molar-refractivity contribution in [2.75, 3.05) is 0 Å². The van der Waals surface area contributed by atoms with E-state index in [4.69, 9.17) is 4.74 Å². The number of phenols is 1. The first-order chi connectivity index (χ1) is 8.67. The van der Waals surface area contributed by atoms with E-state index >= 15 is 0 Å². The Morgan fingerprint density at radius 1 is 1.22 bits per heavy atom. The summed E-state index contributed by atoms with van der Waals surface area (Å²) in [5.74, 6) is 0.917. The third-order valence-corrected chi connectivity index (χ3v) is 3.65. The van der Waals surface area contributed by atoms with Gasteiger partial charge in [0.15, 0.2) is 0 Å². The van der Waals surface area contributed by atoms with Gasteiger partial charge in [-0.3, -0.25) is 0 Å². The van der Waals surface area contributed by atoms with Crippen LogP contribution >= 0.6 is 0 Å². The lowest BCUT2D eigenvalue weighted by molar-refractivity contribution is -0.0653. The summed E-state index contributed by atoms with van der Waals surface area (Å²) in [6.07, 6.45) is 7.80. The third-order valence-electron chi connectivity index (χ3n) is 3.65. The maximum atomic E-state index is 10.4. The van der Waals surface area contributed by atoms with Gasteiger partial charge in [0, 0.05) is 6.42 Å². The molecule has 0 aromatic heterocycles. The zero-order valence-electron chi connectivity index (χ0n) is 10.0.